The number of unbranched alkanes of at least 4 members (excludes halogenated alkanes) is 2. The monoisotopic (exact) mass is 538 g/mol. The summed E-state index contributed by atoms with van der Waals surface area (Å²) in [5.41, 5.74) is 1.21. The molecule has 2 heterocycles. The topological polar surface area (TPSA) is 56.7 Å². The number of benzene rings is 2. The molecule has 2 N–H and O–H groups in total. The number of rotatable bonds is 11. The number of hydrazone groups is 1. The molecule has 2 aliphatic heterocycles. The maximum absolute atomic E-state index is 14.1. The molecule has 0 spiro atoms. The second-order valence-corrected chi connectivity index (χ2v) is 12.0. The highest BCUT2D eigenvalue weighted by atomic mass is 19.3. The van der Waals surface area contributed by atoms with E-state index in [-0.39, 0.29) is 29.2 Å². The molecule has 212 valence electrons. The molecule has 2 aliphatic rings. The van der Waals surface area contributed by atoms with Crippen LogP contribution in [0.25, 0.3) is 0 Å². The summed E-state index contributed by atoms with van der Waals surface area (Å²) in [5, 5.41) is 13.9. The molecule has 1 amide bonds. The first-order valence-electron chi connectivity index (χ1n) is 14.5. The molecule has 1 fully saturated rings. The predicted molar refractivity (Wildman–Crippen MR) is 154 cm³/mol. The van der Waals surface area contributed by atoms with Crippen molar-refractivity contribution in [2.24, 2.45) is 11.0 Å². The van der Waals surface area contributed by atoms with Gasteiger partial charge in [-0.05, 0) is 44.2 Å². The Kier molecular flexibility index (Phi) is 8.79. The van der Waals surface area contributed by atoms with Gasteiger partial charge in [-0.2, -0.15) is 5.10 Å². The number of fused-ring (bicyclic) bond motifs is 1. The molecule has 3 atom stereocenters. The molecule has 2 aromatic carbocycles. The zero-order valence-corrected chi connectivity index (χ0v) is 24.0. The zero-order valence-electron chi connectivity index (χ0n) is 24.0. The minimum Gasteiger partial charge on any atom is -0.346 e. The Morgan fingerprint density at radius 3 is 2.18 bits per heavy atom. The number of hydrogen-bond acceptors (Lipinski definition) is 4. The van der Waals surface area contributed by atoms with Crippen molar-refractivity contribution in [1.82, 2.24) is 15.6 Å². The van der Waals surface area contributed by atoms with E-state index in [1.807, 2.05) is 23.2 Å². The zero-order chi connectivity index (χ0) is 28.3. The average Bonchev–Trinajstić information content (AvgIpc) is 3.35. The molecule has 1 saturated heterocycles. The molecular formula is C32H44F2N4O. The lowest BCUT2D eigenvalue weighted by molar-refractivity contribution is -0.128. The molecule has 7 heteroatoms. The average molecular weight is 539 g/mol. The third kappa shape index (κ3) is 6.34. The van der Waals surface area contributed by atoms with Gasteiger partial charge < -0.3 is 5.32 Å². The number of carbonyl (C=O) groups excluding carboxylic acids is 1. The summed E-state index contributed by atoms with van der Waals surface area (Å²) >= 11 is 0. The third-order valence-electron chi connectivity index (χ3n) is 8.38. The Morgan fingerprint density at radius 1 is 1.03 bits per heavy atom. The fourth-order valence-corrected chi connectivity index (χ4v) is 6.09. The number of hydrogen-bond donors (Lipinski definition) is 2. The van der Waals surface area contributed by atoms with Crippen LogP contribution in [0.2, 0.25) is 0 Å². The number of halogens is 2. The second kappa shape index (κ2) is 11.7. The summed E-state index contributed by atoms with van der Waals surface area (Å²) in [7, 11) is 0. The van der Waals surface area contributed by atoms with Crippen LogP contribution in [0.3, 0.4) is 0 Å². The molecule has 0 aromatic heterocycles. The van der Waals surface area contributed by atoms with E-state index in [0.717, 1.165) is 57.4 Å². The SMILES string of the molecule is CCCCC(CCCC)(NC(=O)C1C=NN2C1NC(c1ccccc1)CC2(C)C)c1ccc(C(C)(F)F)cc1. The van der Waals surface area contributed by atoms with E-state index in [9.17, 15) is 13.6 Å². The Balaban J connectivity index is 1.63. The van der Waals surface area contributed by atoms with Crippen LogP contribution in [0.1, 0.15) is 102 Å². The van der Waals surface area contributed by atoms with Crippen LogP contribution in [0, 0.1) is 5.92 Å². The van der Waals surface area contributed by atoms with Crippen LogP contribution in [-0.4, -0.2) is 28.8 Å². The van der Waals surface area contributed by atoms with E-state index < -0.39 is 17.4 Å². The Labute approximate surface area is 232 Å². The Bertz CT molecular complexity index is 1120. The molecule has 3 unspecified atom stereocenters. The van der Waals surface area contributed by atoms with Gasteiger partial charge in [-0.25, -0.2) is 8.78 Å². The van der Waals surface area contributed by atoms with Crippen molar-refractivity contribution in [3.05, 3.63) is 71.3 Å². The summed E-state index contributed by atoms with van der Waals surface area (Å²) in [6.07, 6.45) is 7.67. The number of carbonyl (C=O) groups is 1. The van der Waals surface area contributed by atoms with Crippen molar-refractivity contribution in [3.8, 4) is 0 Å². The smallest absolute Gasteiger partial charge is 0.270 e. The van der Waals surface area contributed by atoms with Crippen molar-refractivity contribution in [3.63, 3.8) is 0 Å². The van der Waals surface area contributed by atoms with Crippen LogP contribution in [0.4, 0.5) is 8.78 Å². The summed E-state index contributed by atoms with van der Waals surface area (Å²) in [5.74, 6) is -3.46. The first kappa shape index (κ1) is 29.2. The van der Waals surface area contributed by atoms with Gasteiger partial charge in [-0.15, -0.1) is 0 Å². The van der Waals surface area contributed by atoms with Crippen LogP contribution in [0.5, 0.6) is 0 Å². The molecule has 5 nitrogen and oxygen atoms in total. The van der Waals surface area contributed by atoms with Crippen LogP contribution < -0.4 is 10.6 Å². The fraction of sp³-hybridized carbons (Fsp3) is 0.562. The highest BCUT2D eigenvalue weighted by Gasteiger charge is 2.49. The van der Waals surface area contributed by atoms with Gasteiger partial charge in [0.1, 0.15) is 12.1 Å². The number of nitrogens with one attached hydrogen (secondary N) is 2. The van der Waals surface area contributed by atoms with Crippen molar-refractivity contribution >= 4 is 12.1 Å². The maximum atomic E-state index is 14.1. The lowest BCUT2D eigenvalue weighted by Crippen LogP contribution is -2.62. The van der Waals surface area contributed by atoms with Crippen molar-refractivity contribution in [2.45, 2.75) is 109 Å². The van der Waals surface area contributed by atoms with Gasteiger partial charge in [-0.1, -0.05) is 94.1 Å². The molecule has 4 rings (SSSR count). The summed E-state index contributed by atoms with van der Waals surface area (Å²) in [4.78, 5) is 14.1. The van der Waals surface area contributed by atoms with E-state index in [1.165, 1.54) is 17.7 Å². The highest BCUT2D eigenvalue weighted by Crippen LogP contribution is 2.40. The minimum atomic E-state index is -2.91. The van der Waals surface area contributed by atoms with Crippen LogP contribution >= 0.6 is 0 Å². The molecule has 0 bridgehead atoms. The molecule has 39 heavy (non-hydrogen) atoms. The number of alkyl halides is 2. The minimum absolute atomic E-state index is 0.0170. The van der Waals surface area contributed by atoms with Crippen LogP contribution in [-0.2, 0) is 16.3 Å². The van der Waals surface area contributed by atoms with Gasteiger partial charge in [0.15, 0.2) is 0 Å². The summed E-state index contributed by atoms with van der Waals surface area (Å²) < 4.78 is 28.0. The maximum Gasteiger partial charge on any atom is 0.270 e. The standard InChI is InChI=1S/C32H44F2N4O/c1-6-8-19-32(20-9-7-2,25-17-15-24(16-18-25)31(5,33)34)37-29(39)26-22-35-38-28(26)36-27(21-30(38,3)4)23-13-11-10-12-14-23/h10-18,22,26-28,36H,6-9,19-21H2,1-5H3,(H,37,39). The van der Waals surface area contributed by atoms with Crippen molar-refractivity contribution in [1.29, 1.82) is 0 Å². The van der Waals surface area contributed by atoms with Crippen molar-refractivity contribution < 1.29 is 13.6 Å². The summed E-state index contributed by atoms with van der Waals surface area (Å²) in [6, 6.07) is 17.0. The Hall–Kier alpha value is -2.80. The van der Waals surface area contributed by atoms with Gasteiger partial charge in [0, 0.05) is 24.7 Å². The fourth-order valence-electron chi connectivity index (χ4n) is 6.09. The first-order valence-corrected chi connectivity index (χ1v) is 14.5. The largest absolute Gasteiger partial charge is 0.346 e. The van der Waals surface area contributed by atoms with E-state index in [0.29, 0.717) is 0 Å². The molecular weight excluding hydrogens is 494 g/mol. The molecule has 2 aromatic rings. The quantitative estimate of drug-likeness (QED) is 0.317. The lowest BCUT2D eigenvalue weighted by Gasteiger charge is -2.48. The second-order valence-electron chi connectivity index (χ2n) is 12.0. The van der Waals surface area contributed by atoms with Crippen molar-refractivity contribution in [2.75, 3.05) is 0 Å². The van der Waals surface area contributed by atoms with E-state index in [2.05, 4.69) is 50.5 Å². The first-order chi connectivity index (χ1) is 18.5. The molecule has 0 aliphatic carbocycles. The number of amides is 1. The van der Waals surface area contributed by atoms with Gasteiger partial charge in [0.2, 0.25) is 5.91 Å². The lowest BCUT2D eigenvalue weighted by atomic mass is 9.79. The highest BCUT2D eigenvalue weighted by molar-refractivity contribution is 5.95. The molecule has 0 radical (unpaired) electrons. The van der Waals surface area contributed by atoms with Gasteiger partial charge in [-0.3, -0.25) is 15.1 Å². The van der Waals surface area contributed by atoms with Crippen LogP contribution in [0.15, 0.2) is 59.7 Å². The third-order valence-corrected chi connectivity index (χ3v) is 8.38. The van der Waals surface area contributed by atoms with Gasteiger partial charge in [0.25, 0.3) is 5.92 Å². The predicted octanol–water partition coefficient (Wildman–Crippen LogP) is 7.25. The summed E-state index contributed by atoms with van der Waals surface area (Å²) in [6.45, 7) is 9.52. The molecule has 0 saturated carbocycles. The van der Waals surface area contributed by atoms with E-state index in [1.54, 1.807) is 18.3 Å². The Morgan fingerprint density at radius 2 is 1.62 bits per heavy atom. The van der Waals surface area contributed by atoms with E-state index in [4.69, 9.17) is 5.10 Å². The van der Waals surface area contributed by atoms with Gasteiger partial charge >= 0.3 is 0 Å². The number of nitrogens with zero attached hydrogens (tertiary/aromatic N) is 2. The van der Waals surface area contributed by atoms with Gasteiger partial charge in [0.05, 0.1) is 11.1 Å². The normalized spacial score (nSPS) is 22.5. The van der Waals surface area contributed by atoms with E-state index >= 15 is 0 Å².